The van der Waals surface area contributed by atoms with Gasteiger partial charge in [0.25, 0.3) is 0 Å². The van der Waals surface area contributed by atoms with Gasteiger partial charge in [-0.3, -0.25) is 0 Å². The SMILES string of the molecule is CN(Cc1cn(Cc2cccc3ccccc23)c2ccc(F)cc12)S(C)(=O)=O. The fraction of sp³-hybridized carbons (Fsp3) is 0.182. The minimum Gasteiger partial charge on any atom is -0.343 e. The van der Waals surface area contributed by atoms with Crippen LogP contribution in [0.4, 0.5) is 4.39 Å². The van der Waals surface area contributed by atoms with Gasteiger partial charge in [-0.25, -0.2) is 17.1 Å². The summed E-state index contributed by atoms with van der Waals surface area (Å²) in [5.41, 5.74) is 2.82. The summed E-state index contributed by atoms with van der Waals surface area (Å²) in [6.45, 7) is 0.813. The van der Waals surface area contributed by atoms with Crippen LogP contribution in [0.1, 0.15) is 11.1 Å². The summed E-state index contributed by atoms with van der Waals surface area (Å²) in [4.78, 5) is 0. The molecule has 0 fully saturated rings. The third kappa shape index (κ3) is 3.53. The highest BCUT2D eigenvalue weighted by atomic mass is 32.2. The van der Waals surface area contributed by atoms with Crippen molar-refractivity contribution in [2.75, 3.05) is 13.3 Å². The Balaban J connectivity index is 1.81. The monoisotopic (exact) mass is 396 g/mol. The Morgan fingerprint density at radius 1 is 0.964 bits per heavy atom. The smallest absolute Gasteiger partial charge is 0.211 e. The molecular weight excluding hydrogens is 375 g/mol. The van der Waals surface area contributed by atoms with Gasteiger partial charge in [0, 0.05) is 37.2 Å². The van der Waals surface area contributed by atoms with Gasteiger partial charge in [-0.15, -0.1) is 0 Å². The first-order chi connectivity index (χ1) is 13.3. The molecule has 0 atom stereocenters. The molecule has 4 rings (SSSR count). The summed E-state index contributed by atoms with van der Waals surface area (Å²) in [5.74, 6) is -0.335. The molecule has 4 aromatic rings. The lowest BCUT2D eigenvalue weighted by Gasteiger charge is -2.13. The highest BCUT2D eigenvalue weighted by molar-refractivity contribution is 7.88. The second-order valence-electron chi connectivity index (χ2n) is 7.10. The Morgan fingerprint density at radius 3 is 2.50 bits per heavy atom. The molecule has 0 saturated carbocycles. The second-order valence-corrected chi connectivity index (χ2v) is 9.19. The van der Waals surface area contributed by atoms with Crippen molar-refractivity contribution in [2.24, 2.45) is 0 Å². The number of aromatic nitrogens is 1. The number of fused-ring (bicyclic) bond motifs is 2. The van der Waals surface area contributed by atoms with E-state index in [4.69, 9.17) is 0 Å². The lowest BCUT2D eigenvalue weighted by atomic mass is 10.0. The fourth-order valence-electron chi connectivity index (χ4n) is 3.57. The van der Waals surface area contributed by atoms with Gasteiger partial charge < -0.3 is 4.57 Å². The van der Waals surface area contributed by atoms with Crippen molar-refractivity contribution in [3.8, 4) is 0 Å². The fourth-order valence-corrected chi connectivity index (χ4v) is 3.94. The summed E-state index contributed by atoms with van der Waals surface area (Å²) in [5, 5.41) is 3.07. The molecule has 0 radical (unpaired) electrons. The van der Waals surface area contributed by atoms with Crippen LogP contribution in [-0.4, -0.2) is 30.6 Å². The molecular formula is C22H21FN2O2S. The molecule has 1 aromatic heterocycles. The highest BCUT2D eigenvalue weighted by Crippen LogP contribution is 2.27. The molecule has 0 aliphatic heterocycles. The molecule has 0 amide bonds. The van der Waals surface area contributed by atoms with Crippen LogP contribution >= 0.6 is 0 Å². The van der Waals surface area contributed by atoms with E-state index in [2.05, 4.69) is 28.8 Å². The zero-order chi connectivity index (χ0) is 19.9. The van der Waals surface area contributed by atoms with Crippen LogP contribution in [0, 0.1) is 5.82 Å². The van der Waals surface area contributed by atoms with E-state index in [1.54, 1.807) is 6.07 Å². The molecule has 0 aliphatic rings. The number of rotatable bonds is 5. The molecule has 0 aliphatic carbocycles. The predicted molar refractivity (Wildman–Crippen MR) is 111 cm³/mol. The minimum absolute atomic E-state index is 0.196. The molecule has 0 N–H and O–H groups in total. The molecule has 28 heavy (non-hydrogen) atoms. The van der Waals surface area contributed by atoms with Gasteiger partial charge in [0.1, 0.15) is 5.82 Å². The Hall–Kier alpha value is -2.70. The summed E-state index contributed by atoms with van der Waals surface area (Å²) in [6.07, 6.45) is 3.09. The average Bonchev–Trinajstić information content (AvgIpc) is 2.98. The topological polar surface area (TPSA) is 42.3 Å². The maximum Gasteiger partial charge on any atom is 0.211 e. The standard InChI is InChI=1S/C22H21FN2O2S/c1-24(28(2,26)27)13-18-15-25(22-11-10-19(23)12-21(18)22)14-17-8-5-7-16-6-3-4-9-20(16)17/h3-12,15H,13-14H2,1-2H3. The van der Waals surface area contributed by atoms with Crippen molar-refractivity contribution < 1.29 is 12.8 Å². The third-order valence-electron chi connectivity index (χ3n) is 5.11. The Morgan fingerprint density at radius 2 is 1.71 bits per heavy atom. The van der Waals surface area contributed by atoms with Crippen LogP contribution < -0.4 is 0 Å². The molecule has 1 heterocycles. The minimum atomic E-state index is -3.33. The maximum atomic E-state index is 13.9. The summed E-state index contributed by atoms with van der Waals surface area (Å²) >= 11 is 0. The lowest BCUT2D eigenvalue weighted by molar-refractivity contribution is 0.473. The van der Waals surface area contributed by atoms with Gasteiger partial charge in [-0.05, 0) is 40.1 Å². The predicted octanol–water partition coefficient (Wildman–Crippen LogP) is 4.37. The van der Waals surface area contributed by atoms with E-state index in [0.29, 0.717) is 6.54 Å². The maximum absolute atomic E-state index is 13.9. The van der Waals surface area contributed by atoms with Crippen molar-refractivity contribution >= 4 is 31.7 Å². The van der Waals surface area contributed by atoms with Crippen molar-refractivity contribution in [3.05, 3.63) is 83.8 Å². The first-order valence-electron chi connectivity index (χ1n) is 8.98. The average molecular weight is 396 g/mol. The first-order valence-corrected chi connectivity index (χ1v) is 10.8. The van der Waals surface area contributed by atoms with Gasteiger partial charge in [0.15, 0.2) is 0 Å². The largest absolute Gasteiger partial charge is 0.343 e. The van der Waals surface area contributed by atoms with Gasteiger partial charge in [-0.1, -0.05) is 42.5 Å². The molecule has 0 bridgehead atoms. The van der Waals surface area contributed by atoms with Crippen LogP contribution in [0.5, 0.6) is 0 Å². The van der Waals surface area contributed by atoms with E-state index in [1.807, 2.05) is 24.4 Å². The molecule has 6 heteroatoms. The van der Waals surface area contributed by atoms with Crippen LogP contribution in [0.3, 0.4) is 0 Å². The molecule has 3 aromatic carbocycles. The summed E-state index contributed by atoms with van der Waals surface area (Å²) in [7, 11) is -1.80. The van der Waals surface area contributed by atoms with Crippen molar-refractivity contribution in [1.82, 2.24) is 8.87 Å². The van der Waals surface area contributed by atoms with E-state index in [1.165, 1.54) is 40.5 Å². The lowest BCUT2D eigenvalue weighted by Crippen LogP contribution is -2.24. The molecule has 0 saturated heterocycles. The van der Waals surface area contributed by atoms with E-state index >= 15 is 0 Å². The van der Waals surface area contributed by atoms with Crippen molar-refractivity contribution in [2.45, 2.75) is 13.1 Å². The Labute approximate surface area is 163 Å². The van der Waals surface area contributed by atoms with Crippen LogP contribution in [-0.2, 0) is 23.1 Å². The molecule has 4 nitrogen and oxygen atoms in total. The number of sulfonamides is 1. The Kier molecular flexibility index (Phi) is 4.69. The number of benzene rings is 3. The van der Waals surface area contributed by atoms with Gasteiger partial charge in [-0.2, -0.15) is 0 Å². The zero-order valence-electron chi connectivity index (χ0n) is 15.8. The first kappa shape index (κ1) is 18.7. The van der Waals surface area contributed by atoms with Gasteiger partial charge in [0.2, 0.25) is 10.0 Å². The van der Waals surface area contributed by atoms with E-state index in [0.717, 1.165) is 22.0 Å². The summed E-state index contributed by atoms with van der Waals surface area (Å²) in [6, 6.07) is 19.0. The van der Waals surface area contributed by atoms with Gasteiger partial charge in [0.05, 0.1) is 6.26 Å². The normalized spacial score (nSPS) is 12.3. The van der Waals surface area contributed by atoms with Crippen LogP contribution in [0.15, 0.2) is 66.9 Å². The number of halogens is 1. The highest BCUT2D eigenvalue weighted by Gasteiger charge is 2.16. The number of hydrogen-bond acceptors (Lipinski definition) is 2. The van der Waals surface area contributed by atoms with Crippen molar-refractivity contribution in [1.29, 1.82) is 0 Å². The van der Waals surface area contributed by atoms with Crippen LogP contribution in [0.2, 0.25) is 0 Å². The molecule has 0 spiro atoms. The van der Waals surface area contributed by atoms with E-state index < -0.39 is 10.0 Å². The van der Waals surface area contributed by atoms with E-state index in [-0.39, 0.29) is 12.4 Å². The number of nitrogens with zero attached hydrogens (tertiary/aromatic N) is 2. The second kappa shape index (κ2) is 7.04. The summed E-state index contributed by atoms with van der Waals surface area (Å²) < 4.78 is 40.9. The Bertz CT molecular complexity index is 1270. The van der Waals surface area contributed by atoms with E-state index in [9.17, 15) is 12.8 Å². The quantitative estimate of drug-likeness (QED) is 0.503. The van der Waals surface area contributed by atoms with Gasteiger partial charge >= 0.3 is 0 Å². The number of hydrogen-bond donors (Lipinski definition) is 0. The van der Waals surface area contributed by atoms with Crippen LogP contribution in [0.25, 0.3) is 21.7 Å². The third-order valence-corrected chi connectivity index (χ3v) is 6.37. The zero-order valence-corrected chi connectivity index (χ0v) is 16.6. The van der Waals surface area contributed by atoms with Crippen molar-refractivity contribution in [3.63, 3.8) is 0 Å². The molecule has 144 valence electrons. The molecule has 0 unspecified atom stereocenters.